The summed E-state index contributed by atoms with van der Waals surface area (Å²) in [5.41, 5.74) is 1.08. The molecule has 0 bridgehead atoms. The Hall–Kier alpha value is -0.280. The van der Waals surface area contributed by atoms with E-state index in [1.54, 1.807) is 18.2 Å². The molecule has 2 rings (SSSR count). The first-order valence-corrected chi connectivity index (χ1v) is 7.59. The lowest BCUT2D eigenvalue weighted by molar-refractivity contribution is 0.167. The second-order valence-electron chi connectivity index (χ2n) is 5.83. The van der Waals surface area contributed by atoms with Gasteiger partial charge in [-0.25, -0.2) is 0 Å². The fourth-order valence-electron chi connectivity index (χ4n) is 2.80. The molecule has 1 aromatic rings. The molecular weight excluding hydrogens is 281 g/mol. The average Bonchev–Trinajstić information content (AvgIpc) is 2.79. The zero-order valence-electron chi connectivity index (χ0n) is 11.3. The predicted octanol–water partition coefficient (Wildman–Crippen LogP) is 4.20. The van der Waals surface area contributed by atoms with Crippen LogP contribution < -0.4 is 5.32 Å². The maximum absolute atomic E-state index is 10.2. The summed E-state index contributed by atoms with van der Waals surface area (Å²) < 4.78 is 0. The number of aliphatic hydroxyl groups is 1. The maximum atomic E-state index is 10.2. The second-order valence-corrected chi connectivity index (χ2v) is 6.67. The van der Waals surface area contributed by atoms with Gasteiger partial charge < -0.3 is 10.4 Å². The summed E-state index contributed by atoms with van der Waals surface area (Å²) in [5.74, 6) is 0. The maximum Gasteiger partial charge on any atom is 0.0929 e. The van der Waals surface area contributed by atoms with Crippen LogP contribution in [0.1, 0.15) is 44.3 Å². The molecule has 1 aromatic carbocycles. The lowest BCUT2D eigenvalue weighted by Gasteiger charge is -2.25. The molecule has 1 saturated carbocycles. The molecule has 0 heterocycles. The van der Waals surface area contributed by atoms with E-state index in [0.717, 1.165) is 6.54 Å². The molecule has 0 saturated heterocycles. The highest BCUT2D eigenvalue weighted by Gasteiger charge is 2.28. The summed E-state index contributed by atoms with van der Waals surface area (Å²) in [6, 6.07) is 5.18. The predicted molar refractivity (Wildman–Crippen MR) is 80.9 cm³/mol. The van der Waals surface area contributed by atoms with Gasteiger partial charge in [0.2, 0.25) is 0 Å². The van der Waals surface area contributed by atoms with Gasteiger partial charge in [-0.2, -0.15) is 0 Å². The Kier molecular flexibility index (Phi) is 5.13. The van der Waals surface area contributed by atoms with Crippen LogP contribution in [0.5, 0.6) is 0 Å². The van der Waals surface area contributed by atoms with Crippen molar-refractivity contribution in [2.75, 3.05) is 13.1 Å². The Morgan fingerprint density at radius 2 is 2.00 bits per heavy atom. The van der Waals surface area contributed by atoms with Crippen molar-refractivity contribution in [3.05, 3.63) is 33.8 Å². The molecule has 0 amide bonds. The molecule has 1 aliphatic carbocycles. The molecule has 2 nitrogen and oxygen atoms in total. The number of hydrogen-bond donors (Lipinski definition) is 2. The van der Waals surface area contributed by atoms with Crippen molar-refractivity contribution in [3.63, 3.8) is 0 Å². The Morgan fingerprint density at radius 3 is 2.68 bits per heavy atom. The number of aliphatic hydroxyl groups excluding tert-OH is 1. The molecule has 106 valence electrons. The van der Waals surface area contributed by atoms with Crippen molar-refractivity contribution in [1.29, 1.82) is 0 Å². The summed E-state index contributed by atoms with van der Waals surface area (Å²) in [6.45, 7) is 3.77. The number of hydrogen-bond acceptors (Lipinski definition) is 2. The van der Waals surface area contributed by atoms with Crippen LogP contribution in [0.15, 0.2) is 18.2 Å². The van der Waals surface area contributed by atoms with Crippen LogP contribution in [0.2, 0.25) is 10.0 Å². The molecule has 1 atom stereocenters. The van der Waals surface area contributed by atoms with Crippen LogP contribution >= 0.6 is 23.2 Å². The van der Waals surface area contributed by atoms with E-state index in [-0.39, 0.29) is 0 Å². The Morgan fingerprint density at radius 1 is 1.32 bits per heavy atom. The Labute approximate surface area is 125 Å². The van der Waals surface area contributed by atoms with E-state index in [9.17, 15) is 5.11 Å². The highest BCUT2D eigenvalue weighted by molar-refractivity contribution is 6.33. The first-order valence-electron chi connectivity index (χ1n) is 6.84. The van der Waals surface area contributed by atoms with E-state index in [1.807, 2.05) is 0 Å². The normalized spacial score (nSPS) is 19.6. The highest BCUT2D eigenvalue weighted by atomic mass is 35.5. The minimum Gasteiger partial charge on any atom is -0.387 e. The number of rotatable bonds is 5. The summed E-state index contributed by atoms with van der Waals surface area (Å²) in [4.78, 5) is 0. The van der Waals surface area contributed by atoms with Gasteiger partial charge in [0.15, 0.2) is 0 Å². The molecule has 19 heavy (non-hydrogen) atoms. The van der Waals surface area contributed by atoms with Crippen LogP contribution in [0.3, 0.4) is 0 Å². The summed E-state index contributed by atoms with van der Waals surface area (Å²) in [7, 11) is 0. The van der Waals surface area contributed by atoms with Gasteiger partial charge in [0, 0.05) is 28.7 Å². The van der Waals surface area contributed by atoms with Crippen molar-refractivity contribution >= 4 is 23.2 Å². The van der Waals surface area contributed by atoms with Crippen LogP contribution in [0.25, 0.3) is 0 Å². The SMILES string of the molecule is CC1(CNCC(O)c2cc(Cl)ccc2Cl)CCCC1. The van der Waals surface area contributed by atoms with E-state index < -0.39 is 6.10 Å². The summed E-state index contributed by atoms with van der Waals surface area (Å²) >= 11 is 12.0. The third kappa shape index (κ3) is 4.09. The number of halogens is 2. The molecular formula is C15H21Cl2NO. The minimum absolute atomic E-state index is 0.387. The number of benzene rings is 1. The van der Waals surface area contributed by atoms with E-state index in [4.69, 9.17) is 23.2 Å². The Balaban J connectivity index is 1.87. The van der Waals surface area contributed by atoms with E-state index in [0.29, 0.717) is 27.6 Å². The van der Waals surface area contributed by atoms with Crippen molar-refractivity contribution in [2.24, 2.45) is 5.41 Å². The van der Waals surface area contributed by atoms with Crippen molar-refractivity contribution < 1.29 is 5.11 Å². The molecule has 2 N–H and O–H groups in total. The smallest absolute Gasteiger partial charge is 0.0929 e. The molecule has 1 fully saturated rings. The molecule has 1 unspecified atom stereocenters. The van der Waals surface area contributed by atoms with Gasteiger partial charge in [0.1, 0.15) is 0 Å². The highest BCUT2D eigenvalue weighted by Crippen LogP contribution is 2.36. The first kappa shape index (κ1) is 15.1. The van der Waals surface area contributed by atoms with Gasteiger partial charge >= 0.3 is 0 Å². The molecule has 0 aliphatic heterocycles. The first-order chi connectivity index (χ1) is 9.00. The quantitative estimate of drug-likeness (QED) is 0.854. The van der Waals surface area contributed by atoms with Gasteiger partial charge in [0.25, 0.3) is 0 Å². The Bertz CT molecular complexity index is 430. The molecule has 0 aromatic heterocycles. The standard InChI is InChI=1S/C15H21Cl2NO/c1-15(6-2-3-7-15)10-18-9-14(19)12-8-11(16)4-5-13(12)17/h4-5,8,14,18-19H,2-3,6-7,9-10H2,1H3. The average molecular weight is 302 g/mol. The van der Waals surface area contributed by atoms with Gasteiger partial charge in [0.05, 0.1) is 6.10 Å². The topological polar surface area (TPSA) is 32.3 Å². The van der Waals surface area contributed by atoms with E-state index >= 15 is 0 Å². The fraction of sp³-hybridized carbons (Fsp3) is 0.600. The van der Waals surface area contributed by atoms with Gasteiger partial charge in [-0.1, -0.05) is 43.0 Å². The molecule has 0 spiro atoms. The lowest BCUT2D eigenvalue weighted by atomic mass is 9.89. The summed E-state index contributed by atoms with van der Waals surface area (Å²) in [6.07, 6.45) is 4.57. The van der Waals surface area contributed by atoms with Crippen molar-refractivity contribution in [3.8, 4) is 0 Å². The molecule has 1 aliphatic rings. The third-order valence-electron chi connectivity index (χ3n) is 4.02. The van der Waals surface area contributed by atoms with E-state index in [1.165, 1.54) is 25.7 Å². The molecule has 4 heteroatoms. The van der Waals surface area contributed by atoms with Crippen molar-refractivity contribution in [1.82, 2.24) is 5.32 Å². The van der Waals surface area contributed by atoms with Crippen LogP contribution in [0.4, 0.5) is 0 Å². The number of nitrogens with one attached hydrogen (secondary N) is 1. The lowest BCUT2D eigenvalue weighted by Crippen LogP contribution is -2.32. The minimum atomic E-state index is -0.615. The van der Waals surface area contributed by atoms with E-state index in [2.05, 4.69) is 12.2 Å². The fourth-order valence-corrected chi connectivity index (χ4v) is 3.22. The van der Waals surface area contributed by atoms with Gasteiger partial charge in [-0.3, -0.25) is 0 Å². The van der Waals surface area contributed by atoms with Crippen LogP contribution in [0, 0.1) is 5.41 Å². The van der Waals surface area contributed by atoms with Gasteiger partial charge in [-0.15, -0.1) is 0 Å². The monoisotopic (exact) mass is 301 g/mol. The largest absolute Gasteiger partial charge is 0.387 e. The summed E-state index contributed by atoms with van der Waals surface area (Å²) in [5, 5.41) is 14.7. The third-order valence-corrected chi connectivity index (χ3v) is 4.60. The molecule has 0 radical (unpaired) electrons. The van der Waals surface area contributed by atoms with Crippen LogP contribution in [-0.2, 0) is 0 Å². The van der Waals surface area contributed by atoms with Gasteiger partial charge in [-0.05, 0) is 36.5 Å². The zero-order chi connectivity index (χ0) is 13.9. The zero-order valence-corrected chi connectivity index (χ0v) is 12.8. The van der Waals surface area contributed by atoms with Crippen molar-refractivity contribution in [2.45, 2.75) is 38.7 Å². The second kappa shape index (κ2) is 6.45. The van der Waals surface area contributed by atoms with Crippen LogP contribution in [-0.4, -0.2) is 18.2 Å².